The summed E-state index contributed by atoms with van der Waals surface area (Å²) in [4.78, 5) is 0. The van der Waals surface area contributed by atoms with E-state index in [-0.39, 0.29) is 81.4 Å². The fraction of sp³-hybridized carbons (Fsp3) is 0. The molecule has 0 bridgehead atoms. The predicted octanol–water partition coefficient (Wildman–Crippen LogP) is -1.19. The van der Waals surface area contributed by atoms with Crippen LogP contribution in [0, 0.1) is 0 Å². The van der Waals surface area contributed by atoms with Crippen LogP contribution in [0.4, 0.5) is 0 Å². The van der Waals surface area contributed by atoms with Crippen LogP contribution < -0.4 is 0 Å². The molecule has 0 amide bonds. The Kier molecular flexibility index (Phi) is 134. The zero-order chi connectivity index (χ0) is 0. The summed E-state index contributed by atoms with van der Waals surface area (Å²) in [5, 5.41) is 0. The molecule has 0 aliphatic heterocycles. The smallest absolute Gasteiger partial charge is 0 e. The van der Waals surface area contributed by atoms with Gasteiger partial charge in [-0.25, -0.2) is 0 Å². The minimum atomic E-state index is 0. The van der Waals surface area contributed by atoms with E-state index < -0.39 is 0 Å². The molecule has 0 fully saturated rings. The zero-order valence-corrected chi connectivity index (χ0v) is 12.2. The minimum Gasteiger partial charge on any atom is 0 e. The van der Waals surface area contributed by atoms with E-state index in [9.17, 15) is 0 Å². The minimum absolute atomic E-state index is 0. The van der Waals surface area contributed by atoms with Gasteiger partial charge in [0.25, 0.3) is 0 Å². The van der Waals surface area contributed by atoms with Gasteiger partial charge in [-0.15, -0.1) is 0 Å². The second-order valence-corrected chi connectivity index (χ2v) is 0. The quantitative estimate of drug-likeness (QED) is 0.357. The van der Waals surface area contributed by atoms with Crippen molar-refractivity contribution in [2.24, 2.45) is 0 Å². The van der Waals surface area contributed by atoms with Crippen molar-refractivity contribution in [2.45, 2.75) is 0 Å². The number of rotatable bonds is 0. The topological polar surface area (TPSA) is 0 Å². The second-order valence-electron chi connectivity index (χ2n) is 0. The van der Waals surface area contributed by atoms with Gasteiger partial charge in [0.05, 0.1) is 0 Å². The largest absolute Gasteiger partial charge is 0 e. The van der Waals surface area contributed by atoms with Gasteiger partial charge in [-0.2, -0.15) is 0 Å². The molecule has 0 N–H and O–H groups in total. The van der Waals surface area contributed by atoms with Gasteiger partial charge in [0.2, 0.25) is 0 Å². The average Bonchev–Trinajstić information content (AvgIpc) is 0. The normalized spacial score (nSPS) is 0. The maximum atomic E-state index is 0. The maximum Gasteiger partial charge on any atom is 0 e. The van der Waals surface area contributed by atoms with Crippen molar-refractivity contribution >= 4 is 26.2 Å². The standard InChI is InChI=1S/Bi.Cu.Fe.W.3H. The van der Waals surface area contributed by atoms with Crippen LogP contribution in [0.25, 0.3) is 0 Å². The molecule has 0 aromatic rings. The van der Waals surface area contributed by atoms with Crippen LogP contribution in [0.15, 0.2) is 0 Å². The van der Waals surface area contributed by atoms with Crippen LogP contribution in [-0.4, -0.2) is 26.2 Å². The van der Waals surface area contributed by atoms with Crippen molar-refractivity contribution in [3.63, 3.8) is 0 Å². The number of hydrogen-bond acceptors (Lipinski definition) is 0. The fourth-order valence-corrected chi connectivity index (χ4v) is 0. The molecule has 0 saturated carbocycles. The Morgan fingerprint density at radius 3 is 1.00 bits per heavy atom. The summed E-state index contributed by atoms with van der Waals surface area (Å²) in [6.07, 6.45) is 0. The summed E-state index contributed by atoms with van der Waals surface area (Å²) < 4.78 is 0. The molecule has 0 atom stereocenters. The van der Waals surface area contributed by atoms with Gasteiger partial charge < -0.3 is 0 Å². The van der Waals surface area contributed by atoms with Gasteiger partial charge in [0.15, 0.2) is 0 Å². The first-order valence-corrected chi connectivity index (χ1v) is 0. The third-order valence-electron chi connectivity index (χ3n) is 0. The van der Waals surface area contributed by atoms with E-state index in [1.807, 2.05) is 0 Å². The molecule has 0 aliphatic carbocycles. The van der Waals surface area contributed by atoms with E-state index in [0.717, 1.165) is 0 Å². The molecule has 0 heterocycles. The van der Waals surface area contributed by atoms with Gasteiger partial charge in [0.1, 0.15) is 0 Å². The molecule has 0 rings (SSSR count). The van der Waals surface area contributed by atoms with E-state index in [1.165, 1.54) is 0 Å². The van der Waals surface area contributed by atoms with E-state index >= 15 is 0 Å². The summed E-state index contributed by atoms with van der Waals surface area (Å²) in [5.41, 5.74) is 0. The Balaban J connectivity index is 0. The summed E-state index contributed by atoms with van der Waals surface area (Å²) in [6, 6.07) is 0. The molecule has 4 heteroatoms. The molecule has 0 aliphatic rings. The molecule has 4 heavy (non-hydrogen) atoms. The van der Waals surface area contributed by atoms with Crippen molar-refractivity contribution in [3.8, 4) is 0 Å². The molecular weight excluding hydrogens is 512 g/mol. The summed E-state index contributed by atoms with van der Waals surface area (Å²) in [6.45, 7) is 0. The van der Waals surface area contributed by atoms with Crippen LogP contribution in [-0.2, 0) is 55.2 Å². The first-order chi connectivity index (χ1) is 0. The first-order valence-electron chi connectivity index (χ1n) is 0. The van der Waals surface area contributed by atoms with Gasteiger partial charge in [-0.3, -0.25) is 0 Å². The molecule has 0 spiro atoms. The van der Waals surface area contributed by atoms with Crippen LogP contribution in [0.3, 0.4) is 0 Å². The Morgan fingerprint density at radius 2 is 1.00 bits per heavy atom. The summed E-state index contributed by atoms with van der Waals surface area (Å²) in [7, 11) is 0. The van der Waals surface area contributed by atoms with Crippen molar-refractivity contribution in [3.05, 3.63) is 0 Å². The Labute approximate surface area is 80.2 Å². The SMILES string of the molecule is [BiH3].[Cu].[Fe].[W]. The van der Waals surface area contributed by atoms with Crippen LogP contribution in [0.1, 0.15) is 0 Å². The maximum absolute atomic E-state index is 0. The van der Waals surface area contributed by atoms with Crippen LogP contribution in [0.5, 0.6) is 0 Å². The van der Waals surface area contributed by atoms with E-state index in [2.05, 4.69) is 0 Å². The van der Waals surface area contributed by atoms with Gasteiger partial charge in [-0.1, -0.05) is 0 Å². The molecule has 0 saturated heterocycles. The monoisotopic (exact) mass is 515 g/mol. The first kappa shape index (κ1) is 30.5. The average molecular weight is 515 g/mol. The van der Waals surface area contributed by atoms with Crippen molar-refractivity contribution in [2.75, 3.05) is 0 Å². The molecule has 0 nitrogen and oxygen atoms in total. The van der Waals surface area contributed by atoms with E-state index in [4.69, 9.17) is 0 Å². The van der Waals surface area contributed by atoms with Gasteiger partial charge in [0, 0.05) is 55.2 Å². The molecule has 0 aromatic heterocycles. The van der Waals surface area contributed by atoms with Crippen molar-refractivity contribution in [1.82, 2.24) is 0 Å². The Hall–Kier alpha value is 2.61. The van der Waals surface area contributed by atoms with E-state index in [0.29, 0.717) is 0 Å². The van der Waals surface area contributed by atoms with Gasteiger partial charge in [-0.05, 0) is 0 Å². The predicted molar refractivity (Wildman–Crippen MR) is 9.94 cm³/mol. The molecular formula is H3BiCuFeW. The third kappa shape index (κ3) is 8.82. The van der Waals surface area contributed by atoms with Crippen LogP contribution in [0.2, 0.25) is 0 Å². The third-order valence-corrected chi connectivity index (χ3v) is 0. The fourth-order valence-electron chi connectivity index (χ4n) is 0. The summed E-state index contributed by atoms with van der Waals surface area (Å²) >= 11 is 0. The number of hydrogen-bond donors (Lipinski definition) is 0. The van der Waals surface area contributed by atoms with Crippen LogP contribution >= 0.6 is 0 Å². The van der Waals surface area contributed by atoms with Crippen molar-refractivity contribution < 1.29 is 55.2 Å². The molecule has 0 unspecified atom stereocenters. The van der Waals surface area contributed by atoms with E-state index in [1.54, 1.807) is 0 Å². The van der Waals surface area contributed by atoms with Gasteiger partial charge >= 0.3 is 26.2 Å². The Bertz CT molecular complexity index is 8.00. The van der Waals surface area contributed by atoms with Crippen molar-refractivity contribution in [1.29, 1.82) is 0 Å². The Morgan fingerprint density at radius 1 is 1.00 bits per heavy atom. The molecule has 0 aromatic carbocycles. The summed E-state index contributed by atoms with van der Waals surface area (Å²) in [5.74, 6) is 0. The molecule has 1 radical (unpaired) electrons. The zero-order valence-electron chi connectivity index (χ0n) is 1.77. The molecule has 33 valence electrons. The second kappa shape index (κ2) is 17.5.